The van der Waals surface area contributed by atoms with E-state index < -0.39 is 5.97 Å². The van der Waals surface area contributed by atoms with Crippen molar-refractivity contribution in [3.8, 4) is 40.6 Å². The van der Waals surface area contributed by atoms with E-state index in [1.165, 1.54) is 21.3 Å². The van der Waals surface area contributed by atoms with Gasteiger partial charge in [0.05, 0.1) is 21.3 Å². The lowest BCUT2D eigenvalue weighted by Gasteiger charge is -2.12. The first-order valence-corrected chi connectivity index (χ1v) is 8.69. The van der Waals surface area contributed by atoms with Crippen LogP contribution >= 0.6 is 0 Å². The molecule has 0 saturated carbocycles. The first kappa shape index (κ1) is 20.0. The van der Waals surface area contributed by atoms with Crippen LogP contribution in [0.15, 0.2) is 36.4 Å². The average Bonchev–Trinajstić information content (AvgIpc) is 3.22. The van der Waals surface area contributed by atoms with E-state index >= 15 is 0 Å². The van der Waals surface area contributed by atoms with E-state index in [9.17, 15) is 4.79 Å². The summed E-state index contributed by atoms with van der Waals surface area (Å²) in [6.07, 6.45) is 3.54. The molecule has 0 radical (unpaired) electrons. The molecule has 29 heavy (non-hydrogen) atoms. The molecule has 0 saturated heterocycles. The standard InChI is InChI=1S/C22H20O7/c1-24-19-12-16(13-20(25-2)22(19)26-3)7-9-21(23)27-10-4-5-15-6-8-17-18(11-15)29-14-28-17/h4-6,8,11-13H,10,14H2,1-3H3/b5-4+. The minimum Gasteiger partial charge on any atom is -0.493 e. The van der Waals surface area contributed by atoms with Gasteiger partial charge in [0.1, 0.15) is 6.61 Å². The number of methoxy groups -OCH3 is 3. The summed E-state index contributed by atoms with van der Waals surface area (Å²) in [5, 5.41) is 0. The third kappa shape index (κ3) is 4.93. The van der Waals surface area contributed by atoms with Crippen LogP contribution in [0.1, 0.15) is 11.1 Å². The zero-order chi connectivity index (χ0) is 20.6. The molecule has 0 aliphatic carbocycles. The summed E-state index contributed by atoms with van der Waals surface area (Å²) in [6.45, 7) is 0.321. The number of carbonyl (C=O) groups excluding carboxylic acids is 1. The van der Waals surface area contributed by atoms with Crippen molar-refractivity contribution in [2.45, 2.75) is 0 Å². The van der Waals surface area contributed by atoms with Crippen LogP contribution in [0, 0.1) is 11.8 Å². The number of rotatable bonds is 6. The fourth-order valence-corrected chi connectivity index (χ4v) is 2.64. The van der Waals surface area contributed by atoms with Gasteiger partial charge in [-0.3, -0.25) is 0 Å². The predicted molar refractivity (Wildman–Crippen MR) is 106 cm³/mol. The molecule has 1 aliphatic rings. The smallest absolute Gasteiger partial charge is 0.385 e. The van der Waals surface area contributed by atoms with Gasteiger partial charge in [-0.15, -0.1) is 0 Å². The highest BCUT2D eigenvalue weighted by atomic mass is 16.7. The van der Waals surface area contributed by atoms with Crippen LogP contribution in [0.3, 0.4) is 0 Å². The fraction of sp³-hybridized carbons (Fsp3) is 0.227. The van der Waals surface area contributed by atoms with Crippen molar-refractivity contribution < 1.29 is 33.2 Å². The summed E-state index contributed by atoms with van der Waals surface area (Å²) in [7, 11) is 4.53. The van der Waals surface area contributed by atoms with Crippen molar-refractivity contribution in [2.24, 2.45) is 0 Å². The molecule has 0 aromatic heterocycles. The second kappa shape index (κ2) is 9.42. The van der Waals surface area contributed by atoms with Gasteiger partial charge in [-0.1, -0.05) is 18.1 Å². The molecule has 1 heterocycles. The predicted octanol–water partition coefficient (Wildman–Crippen LogP) is 3.05. The molecule has 7 heteroatoms. The number of ether oxygens (including phenoxy) is 6. The Balaban J connectivity index is 1.58. The SMILES string of the molecule is COc1cc(C#CC(=O)OC/C=C/c2ccc3c(c2)OCO3)cc(OC)c1OC. The zero-order valence-corrected chi connectivity index (χ0v) is 16.3. The molecule has 2 aromatic rings. The van der Waals surface area contributed by atoms with Crippen molar-refractivity contribution in [1.29, 1.82) is 0 Å². The molecule has 0 fully saturated rings. The number of benzene rings is 2. The van der Waals surface area contributed by atoms with Crippen LogP contribution in [0.2, 0.25) is 0 Å². The first-order valence-electron chi connectivity index (χ1n) is 8.69. The second-order valence-electron chi connectivity index (χ2n) is 5.78. The Morgan fingerprint density at radius 2 is 1.76 bits per heavy atom. The van der Waals surface area contributed by atoms with E-state index in [-0.39, 0.29) is 13.4 Å². The molecular weight excluding hydrogens is 376 g/mol. The fourth-order valence-electron chi connectivity index (χ4n) is 2.64. The Labute approximate surface area is 168 Å². The Morgan fingerprint density at radius 1 is 1.03 bits per heavy atom. The Bertz CT molecular complexity index is 957. The summed E-state index contributed by atoms with van der Waals surface area (Å²) < 4.78 is 31.4. The molecule has 1 aliphatic heterocycles. The number of esters is 1. The third-order valence-electron chi connectivity index (χ3n) is 3.99. The highest BCUT2D eigenvalue weighted by molar-refractivity contribution is 5.89. The van der Waals surface area contributed by atoms with Gasteiger partial charge >= 0.3 is 5.97 Å². The average molecular weight is 396 g/mol. The number of hydrogen-bond donors (Lipinski definition) is 0. The lowest BCUT2D eigenvalue weighted by Crippen LogP contribution is -2.01. The van der Waals surface area contributed by atoms with Crippen LogP contribution in [0.5, 0.6) is 28.7 Å². The Morgan fingerprint density at radius 3 is 2.45 bits per heavy atom. The van der Waals surface area contributed by atoms with Gasteiger partial charge in [0, 0.05) is 11.5 Å². The second-order valence-corrected chi connectivity index (χ2v) is 5.78. The third-order valence-corrected chi connectivity index (χ3v) is 3.99. The topological polar surface area (TPSA) is 72.5 Å². The summed E-state index contributed by atoms with van der Waals surface area (Å²) in [5.41, 5.74) is 1.45. The van der Waals surface area contributed by atoms with Crippen molar-refractivity contribution >= 4 is 12.0 Å². The maximum Gasteiger partial charge on any atom is 0.385 e. The maximum absolute atomic E-state index is 11.9. The number of hydrogen-bond acceptors (Lipinski definition) is 7. The molecule has 0 N–H and O–H groups in total. The summed E-state index contributed by atoms with van der Waals surface area (Å²) in [5.74, 6) is 7.31. The van der Waals surface area contributed by atoms with Crippen molar-refractivity contribution in [2.75, 3.05) is 34.7 Å². The normalized spacial score (nSPS) is 11.6. The molecule has 7 nitrogen and oxygen atoms in total. The van der Waals surface area contributed by atoms with Gasteiger partial charge < -0.3 is 28.4 Å². The largest absolute Gasteiger partial charge is 0.493 e. The van der Waals surface area contributed by atoms with Crippen LogP contribution in [-0.4, -0.2) is 40.7 Å². The molecule has 150 valence electrons. The summed E-state index contributed by atoms with van der Waals surface area (Å²) in [6, 6.07) is 8.88. The number of fused-ring (bicyclic) bond motifs is 1. The van der Waals surface area contributed by atoms with Crippen LogP contribution in [0.25, 0.3) is 6.08 Å². The van der Waals surface area contributed by atoms with Crippen LogP contribution < -0.4 is 23.7 Å². The maximum atomic E-state index is 11.9. The molecule has 0 unspecified atom stereocenters. The van der Waals surface area contributed by atoms with Gasteiger partial charge in [0.25, 0.3) is 0 Å². The van der Waals surface area contributed by atoms with E-state index in [0.29, 0.717) is 28.6 Å². The minimum absolute atomic E-state index is 0.0945. The Kier molecular flexibility index (Phi) is 6.48. The molecule has 0 bridgehead atoms. The van der Waals surface area contributed by atoms with Gasteiger partial charge in [-0.2, -0.15) is 0 Å². The van der Waals surface area contributed by atoms with Gasteiger partial charge in [0.15, 0.2) is 23.0 Å². The van der Waals surface area contributed by atoms with Gasteiger partial charge in [-0.05, 0) is 35.9 Å². The number of carbonyl (C=O) groups is 1. The summed E-state index contributed by atoms with van der Waals surface area (Å²) >= 11 is 0. The molecular formula is C22H20O7. The first-order chi connectivity index (χ1) is 14.1. The van der Waals surface area contributed by atoms with E-state index in [2.05, 4.69) is 11.8 Å². The minimum atomic E-state index is -0.644. The zero-order valence-electron chi connectivity index (χ0n) is 16.3. The van der Waals surface area contributed by atoms with E-state index in [1.807, 2.05) is 24.3 Å². The van der Waals surface area contributed by atoms with E-state index in [4.69, 9.17) is 28.4 Å². The molecule has 3 rings (SSSR count). The van der Waals surface area contributed by atoms with Crippen LogP contribution in [-0.2, 0) is 9.53 Å². The molecule has 0 spiro atoms. The molecule has 0 amide bonds. The highest BCUT2D eigenvalue weighted by Gasteiger charge is 2.13. The lowest BCUT2D eigenvalue weighted by atomic mass is 10.2. The lowest BCUT2D eigenvalue weighted by molar-refractivity contribution is -0.135. The van der Waals surface area contributed by atoms with E-state index in [1.54, 1.807) is 18.2 Å². The summed E-state index contributed by atoms with van der Waals surface area (Å²) in [4.78, 5) is 11.9. The van der Waals surface area contributed by atoms with Crippen LogP contribution in [0.4, 0.5) is 0 Å². The Hall–Kier alpha value is -3.79. The molecule has 0 atom stereocenters. The van der Waals surface area contributed by atoms with Gasteiger partial charge in [-0.25, -0.2) is 4.79 Å². The van der Waals surface area contributed by atoms with Crippen molar-refractivity contribution in [3.63, 3.8) is 0 Å². The van der Waals surface area contributed by atoms with Crippen molar-refractivity contribution in [1.82, 2.24) is 0 Å². The van der Waals surface area contributed by atoms with E-state index in [0.717, 1.165) is 11.3 Å². The molecule has 2 aromatic carbocycles. The quantitative estimate of drug-likeness (QED) is 0.549. The van der Waals surface area contributed by atoms with Crippen molar-refractivity contribution in [3.05, 3.63) is 47.5 Å². The van der Waals surface area contributed by atoms with Gasteiger partial charge in [0.2, 0.25) is 12.5 Å². The monoisotopic (exact) mass is 396 g/mol. The highest BCUT2D eigenvalue weighted by Crippen LogP contribution is 2.38.